The molecule has 1 amide bonds. The predicted molar refractivity (Wildman–Crippen MR) is 126 cm³/mol. The molecule has 7 heteroatoms. The SMILES string of the molecule is CCN1CCCC(CNC(=NC)N2CCC(N(CC3CC3)C(=O)OC(C)(C)C)CC2)C1. The van der Waals surface area contributed by atoms with Crippen LogP contribution in [0.3, 0.4) is 0 Å². The van der Waals surface area contributed by atoms with E-state index >= 15 is 0 Å². The molecule has 1 atom stereocenters. The number of ether oxygens (including phenoxy) is 1. The molecule has 0 radical (unpaired) electrons. The standard InChI is InChI=1S/C24H45N5O2/c1-6-27-13-7-8-20(17-27)16-26-22(25-5)28-14-11-21(12-15-28)29(18-19-9-10-19)23(30)31-24(2,3)4/h19-21H,6-18H2,1-5H3,(H,25,26). The van der Waals surface area contributed by atoms with Crippen molar-refractivity contribution < 1.29 is 9.53 Å². The molecule has 3 fully saturated rings. The lowest BCUT2D eigenvalue weighted by atomic mass is 9.98. The highest BCUT2D eigenvalue weighted by Crippen LogP contribution is 2.32. The van der Waals surface area contributed by atoms with Gasteiger partial charge in [0.1, 0.15) is 5.60 Å². The monoisotopic (exact) mass is 435 g/mol. The summed E-state index contributed by atoms with van der Waals surface area (Å²) in [6.07, 6.45) is 6.88. The van der Waals surface area contributed by atoms with Gasteiger partial charge in [0.15, 0.2) is 5.96 Å². The Balaban J connectivity index is 1.49. The fourth-order valence-corrected chi connectivity index (χ4v) is 4.83. The molecule has 178 valence electrons. The minimum atomic E-state index is -0.446. The maximum atomic E-state index is 12.9. The summed E-state index contributed by atoms with van der Waals surface area (Å²) < 4.78 is 5.73. The van der Waals surface area contributed by atoms with E-state index in [0.29, 0.717) is 11.8 Å². The molecule has 7 nitrogen and oxygen atoms in total. The lowest BCUT2D eigenvalue weighted by molar-refractivity contribution is 0.00927. The van der Waals surface area contributed by atoms with E-state index in [1.807, 2.05) is 32.7 Å². The Kier molecular flexibility index (Phi) is 8.48. The molecular formula is C24H45N5O2. The molecule has 3 rings (SSSR count). The number of hydrogen-bond acceptors (Lipinski definition) is 4. The highest BCUT2D eigenvalue weighted by Gasteiger charge is 2.35. The van der Waals surface area contributed by atoms with Gasteiger partial charge in [-0.05, 0) is 84.2 Å². The molecule has 0 aromatic heterocycles. The molecule has 0 spiro atoms. The molecule has 1 saturated carbocycles. The van der Waals surface area contributed by atoms with Gasteiger partial charge in [-0.15, -0.1) is 0 Å². The Hall–Kier alpha value is -1.50. The minimum absolute atomic E-state index is 0.141. The van der Waals surface area contributed by atoms with Crippen LogP contribution in [0.2, 0.25) is 0 Å². The van der Waals surface area contributed by atoms with Crippen molar-refractivity contribution in [2.45, 2.75) is 77.9 Å². The van der Waals surface area contributed by atoms with E-state index in [1.54, 1.807) is 0 Å². The first-order valence-corrected chi connectivity index (χ1v) is 12.5. The van der Waals surface area contributed by atoms with E-state index in [4.69, 9.17) is 4.74 Å². The Morgan fingerprint density at radius 2 is 1.81 bits per heavy atom. The second-order valence-corrected chi connectivity index (χ2v) is 10.6. The molecule has 0 aromatic carbocycles. The van der Waals surface area contributed by atoms with Crippen LogP contribution in [-0.4, -0.2) is 91.3 Å². The van der Waals surface area contributed by atoms with Crippen LogP contribution in [0.5, 0.6) is 0 Å². The van der Waals surface area contributed by atoms with E-state index < -0.39 is 5.60 Å². The highest BCUT2D eigenvalue weighted by atomic mass is 16.6. The molecule has 31 heavy (non-hydrogen) atoms. The molecule has 1 aliphatic carbocycles. The average molecular weight is 436 g/mol. The van der Waals surface area contributed by atoms with Crippen LogP contribution in [0.1, 0.15) is 66.2 Å². The second-order valence-electron chi connectivity index (χ2n) is 10.6. The largest absolute Gasteiger partial charge is 0.444 e. The van der Waals surface area contributed by atoms with E-state index in [1.165, 1.54) is 38.8 Å². The average Bonchev–Trinajstić information content (AvgIpc) is 3.56. The van der Waals surface area contributed by atoms with Gasteiger partial charge in [0.25, 0.3) is 0 Å². The second kappa shape index (κ2) is 10.9. The molecule has 3 aliphatic rings. The zero-order valence-electron chi connectivity index (χ0n) is 20.5. The zero-order chi connectivity index (χ0) is 22.4. The number of carbonyl (C=O) groups is 1. The first kappa shape index (κ1) is 24.1. The summed E-state index contributed by atoms with van der Waals surface area (Å²) in [6.45, 7) is 15.4. The first-order valence-electron chi connectivity index (χ1n) is 12.5. The van der Waals surface area contributed by atoms with Crippen LogP contribution in [0, 0.1) is 11.8 Å². The summed E-state index contributed by atoms with van der Waals surface area (Å²) in [5.74, 6) is 2.38. The summed E-state index contributed by atoms with van der Waals surface area (Å²) in [6, 6.07) is 0.265. The third-order valence-corrected chi connectivity index (χ3v) is 6.80. The number of nitrogens with zero attached hydrogens (tertiary/aromatic N) is 4. The van der Waals surface area contributed by atoms with Crippen molar-refractivity contribution >= 4 is 12.1 Å². The Morgan fingerprint density at radius 1 is 1.10 bits per heavy atom. The smallest absolute Gasteiger partial charge is 0.410 e. The van der Waals surface area contributed by atoms with Crippen LogP contribution in [0.25, 0.3) is 0 Å². The van der Waals surface area contributed by atoms with Crippen LogP contribution in [-0.2, 0) is 4.74 Å². The van der Waals surface area contributed by atoms with Crippen molar-refractivity contribution in [3.05, 3.63) is 0 Å². The number of guanidine groups is 1. The third-order valence-electron chi connectivity index (χ3n) is 6.80. The summed E-state index contributed by atoms with van der Waals surface area (Å²) in [7, 11) is 1.88. The highest BCUT2D eigenvalue weighted by molar-refractivity contribution is 5.80. The molecule has 0 bridgehead atoms. The van der Waals surface area contributed by atoms with E-state index in [-0.39, 0.29) is 12.1 Å². The van der Waals surface area contributed by atoms with E-state index in [2.05, 4.69) is 27.0 Å². The predicted octanol–water partition coefficient (Wildman–Crippen LogP) is 3.41. The lowest BCUT2D eigenvalue weighted by Crippen LogP contribution is -2.53. The quantitative estimate of drug-likeness (QED) is 0.512. The van der Waals surface area contributed by atoms with Gasteiger partial charge in [0, 0.05) is 45.8 Å². The fraction of sp³-hybridized carbons (Fsp3) is 0.917. The summed E-state index contributed by atoms with van der Waals surface area (Å²) in [5, 5.41) is 3.64. The van der Waals surface area contributed by atoms with Gasteiger partial charge < -0.3 is 24.8 Å². The summed E-state index contributed by atoms with van der Waals surface area (Å²) in [4.78, 5) is 24.4. The lowest BCUT2D eigenvalue weighted by Gasteiger charge is -2.40. The Labute approximate surface area is 189 Å². The Morgan fingerprint density at radius 3 is 2.39 bits per heavy atom. The van der Waals surface area contributed by atoms with Crippen LogP contribution < -0.4 is 5.32 Å². The molecule has 1 N–H and O–H groups in total. The zero-order valence-corrected chi connectivity index (χ0v) is 20.5. The Bertz CT molecular complexity index is 606. The maximum Gasteiger partial charge on any atom is 0.410 e. The number of amides is 1. The van der Waals surface area contributed by atoms with Crippen molar-refractivity contribution in [3.8, 4) is 0 Å². The molecule has 2 heterocycles. The fourth-order valence-electron chi connectivity index (χ4n) is 4.83. The van der Waals surface area contributed by atoms with Crippen LogP contribution in [0.4, 0.5) is 4.79 Å². The summed E-state index contributed by atoms with van der Waals surface area (Å²) in [5.41, 5.74) is -0.446. The number of carbonyl (C=O) groups excluding carboxylic acids is 1. The van der Waals surface area contributed by atoms with Gasteiger partial charge in [-0.2, -0.15) is 0 Å². The van der Waals surface area contributed by atoms with Gasteiger partial charge in [0.2, 0.25) is 0 Å². The normalized spacial score (nSPS) is 24.2. The van der Waals surface area contributed by atoms with Gasteiger partial charge in [-0.1, -0.05) is 6.92 Å². The molecule has 2 aliphatic heterocycles. The van der Waals surface area contributed by atoms with Gasteiger partial charge >= 0.3 is 6.09 Å². The topological polar surface area (TPSA) is 60.4 Å². The van der Waals surface area contributed by atoms with Crippen molar-refractivity contribution in [1.29, 1.82) is 0 Å². The van der Waals surface area contributed by atoms with E-state index in [0.717, 1.165) is 51.5 Å². The number of rotatable bonds is 6. The molecular weight excluding hydrogens is 390 g/mol. The number of piperidine rings is 2. The van der Waals surface area contributed by atoms with Crippen molar-refractivity contribution in [2.24, 2.45) is 16.8 Å². The van der Waals surface area contributed by atoms with Crippen LogP contribution >= 0.6 is 0 Å². The number of likely N-dealkylation sites (tertiary alicyclic amines) is 2. The minimum Gasteiger partial charge on any atom is -0.444 e. The molecule has 2 saturated heterocycles. The number of nitrogens with one attached hydrogen (secondary N) is 1. The number of hydrogen-bond donors (Lipinski definition) is 1. The van der Waals surface area contributed by atoms with Gasteiger partial charge in [-0.25, -0.2) is 4.79 Å². The first-order chi connectivity index (χ1) is 14.8. The number of aliphatic imine (C=N–C) groups is 1. The van der Waals surface area contributed by atoms with Crippen molar-refractivity contribution in [3.63, 3.8) is 0 Å². The van der Waals surface area contributed by atoms with E-state index in [9.17, 15) is 4.79 Å². The van der Waals surface area contributed by atoms with Gasteiger partial charge in [0.05, 0.1) is 0 Å². The summed E-state index contributed by atoms with van der Waals surface area (Å²) >= 11 is 0. The maximum absolute atomic E-state index is 12.9. The van der Waals surface area contributed by atoms with Gasteiger partial charge in [-0.3, -0.25) is 4.99 Å². The van der Waals surface area contributed by atoms with Crippen molar-refractivity contribution in [2.75, 3.05) is 52.9 Å². The third kappa shape index (κ3) is 7.55. The molecule has 1 unspecified atom stereocenters. The molecule has 0 aromatic rings. The van der Waals surface area contributed by atoms with Crippen molar-refractivity contribution in [1.82, 2.24) is 20.0 Å². The van der Waals surface area contributed by atoms with Crippen LogP contribution in [0.15, 0.2) is 4.99 Å².